The normalized spacial score (nSPS) is 33.3. The Balaban J connectivity index is 1.48. The SMILES string of the molecule is Cc1ccc(NCCOC2CC3CCC2(C)C3(C)C)cc1. The molecule has 2 aliphatic carbocycles. The Labute approximate surface area is 129 Å². The van der Waals surface area contributed by atoms with Crippen LogP contribution in [0.5, 0.6) is 0 Å². The molecule has 0 radical (unpaired) electrons. The maximum atomic E-state index is 6.26. The monoisotopic (exact) mass is 287 g/mol. The lowest BCUT2D eigenvalue weighted by atomic mass is 9.70. The van der Waals surface area contributed by atoms with Gasteiger partial charge in [0.1, 0.15) is 0 Å². The maximum Gasteiger partial charge on any atom is 0.0643 e. The van der Waals surface area contributed by atoms with Crippen LogP contribution in [0.2, 0.25) is 0 Å². The minimum absolute atomic E-state index is 0.377. The summed E-state index contributed by atoms with van der Waals surface area (Å²) < 4.78 is 6.26. The molecule has 0 aliphatic heterocycles. The van der Waals surface area contributed by atoms with Gasteiger partial charge in [0.05, 0.1) is 12.7 Å². The Morgan fingerprint density at radius 2 is 1.90 bits per heavy atom. The Bertz CT molecular complexity index is 493. The molecule has 1 N–H and O–H groups in total. The van der Waals surface area contributed by atoms with E-state index < -0.39 is 0 Å². The van der Waals surface area contributed by atoms with Gasteiger partial charge in [-0.05, 0) is 55.1 Å². The highest BCUT2D eigenvalue weighted by Crippen LogP contribution is 2.66. The molecule has 2 heteroatoms. The van der Waals surface area contributed by atoms with E-state index >= 15 is 0 Å². The van der Waals surface area contributed by atoms with Gasteiger partial charge < -0.3 is 10.1 Å². The van der Waals surface area contributed by atoms with Crippen molar-refractivity contribution in [3.8, 4) is 0 Å². The summed E-state index contributed by atoms with van der Waals surface area (Å²) in [4.78, 5) is 0. The van der Waals surface area contributed by atoms with Gasteiger partial charge in [0.2, 0.25) is 0 Å². The molecule has 3 rings (SSSR count). The van der Waals surface area contributed by atoms with Crippen LogP contribution < -0.4 is 5.32 Å². The predicted molar refractivity (Wildman–Crippen MR) is 88.6 cm³/mol. The lowest BCUT2D eigenvalue weighted by Crippen LogP contribution is -2.37. The number of hydrogen-bond acceptors (Lipinski definition) is 2. The molecule has 0 spiro atoms. The highest BCUT2D eigenvalue weighted by molar-refractivity contribution is 5.44. The summed E-state index contributed by atoms with van der Waals surface area (Å²) >= 11 is 0. The van der Waals surface area contributed by atoms with Crippen molar-refractivity contribution in [3.63, 3.8) is 0 Å². The van der Waals surface area contributed by atoms with Crippen molar-refractivity contribution >= 4 is 5.69 Å². The van der Waals surface area contributed by atoms with Crippen LogP contribution in [0.3, 0.4) is 0 Å². The molecule has 2 nitrogen and oxygen atoms in total. The van der Waals surface area contributed by atoms with E-state index in [1.54, 1.807) is 0 Å². The minimum Gasteiger partial charge on any atom is -0.383 e. The highest BCUT2D eigenvalue weighted by atomic mass is 16.5. The summed E-state index contributed by atoms with van der Waals surface area (Å²) in [6.45, 7) is 11.1. The minimum atomic E-state index is 0.377. The summed E-state index contributed by atoms with van der Waals surface area (Å²) in [6, 6.07) is 8.56. The van der Waals surface area contributed by atoms with Gasteiger partial charge in [-0.15, -0.1) is 0 Å². The fourth-order valence-electron chi connectivity index (χ4n) is 4.45. The molecule has 116 valence electrons. The van der Waals surface area contributed by atoms with E-state index in [4.69, 9.17) is 4.74 Å². The topological polar surface area (TPSA) is 21.3 Å². The van der Waals surface area contributed by atoms with Crippen LogP contribution in [0.15, 0.2) is 24.3 Å². The van der Waals surface area contributed by atoms with E-state index in [1.165, 1.54) is 30.5 Å². The zero-order chi connectivity index (χ0) is 15.1. The van der Waals surface area contributed by atoms with E-state index in [0.717, 1.165) is 19.1 Å². The van der Waals surface area contributed by atoms with E-state index in [0.29, 0.717) is 16.9 Å². The van der Waals surface area contributed by atoms with Gasteiger partial charge >= 0.3 is 0 Å². The van der Waals surface area contributed by atoms with Gasteiger partial charge in [-0.25, -0.2) is 0 Å². The second kappa shape index (κ2) is 5.31. The second-order valence-electron chi connectivity index (χ2n) is 7.76. The van der Waals surface area contributed by atoms with Crippen LogP contribution in [0.25, 0.3) is 0 Å². The molecule has 3 atom stereocenters. The van der Waals surface area contributed by atoms with Crippen molar-refractivity contribution in [3.05, 3.63) is 29.8 Å². The predicted octanol–water partition coefficient (Wildman–Crippen LogP) is 4.64. The Kier molecular flexibility index (Phi) is 3.77. The van der Waals surface area contributed by atoms with Crippen LogP contribution >= 0.6 is 0 Å². The molecular formula is C19H29NO. The van der Waals surface area contributed by atoms with Crippen LogP contribution in [0.1, 0.15) is 45.6 Å². The number of aryl methyl sites for hydroxylation is 1. The fraction of sp³-hybridized carbons (Fsp3) is 0.684. The molecule has 3 unspecified atom stereocenters. The van der Waals surface area contributed by atoms with Crippen molar-refractivity contribution in [2.75, 3.05) is 18.5 Å². The number of ether oxygens (including phenoxy) is 1. The molecule has 2 bridgehead atoms. The van der Waals surface area contributed by atoms with Gasteiger partial charge in [0, 0.05) is 12.2 Å². The third-order valence-electron chi connectivity index (χ3n) is 6.52. The number of benzene rings is 1. The summed E-state index contributed by atoms with van der Waals surface area (Å²) in [5, 5.41) is 3.45. The first-order valence-electron chi connectivity index (χ1n) is 8.35. The van der Waals surface area contributed by atoms with Crippen LogP contribution in [0, 0.1) is 23.7 Å². The Morgan fingerprint density at radius 3 is 2.48 bits per heavy atom. The van der Waals surface area contributed by atoms with E-state index in [9.17, 15) is 0 Å². The lowest BCUT2D eigenvalue weighted by Gasteiger charge is -2.39. The van der Waals surface area contributed by atoms with Crippen molar-refractivity contribution in [2.24, 2.45) is 16.7 Å². The van der Waals surface area contributed by atoms with Gasteiger partial charge in [-0.3, -0.25) is 0 Å². The van der Waals surface area contributed by atoms with Gasteiger partial charge in [0.15, 0.2) is 0 Å². The largest absolute Gasteiger partial charge is 0.383 e. The zero-order valence-electron chi connectivity index (χ0n) is 13.9. The Hall–Kier alpha value is -1.02. The van der Waals surface area contributed by atoms with Gasteiger partial charge in [0.25, 0.3) is 0 Å². The molecule has 0 aromatic heterocycles. The number of fused-ring (bicyclic) bond motifs is 2. The number of nitrogens with one attached hydrogen (secondary N) is 1. The van der Waals surface area contributed by atoms with E-state index in [1.807, 2.05) is 0 Å². The van der Waals surface area contributed by atoms with Gasteiger partial charge in [-0.2, -0.15) is 0 Å². The average molecular weight is 287 g/mol. The molecule has 0 saturated heterocycles. The maximum absolute atomic E-state index is 6.26. The molecule has 0 amide bonds. The molecule has 1 aromatic rings. The van der Waals surface area contributed by atoms with Crippen molar-refractivity contribution in [1.29, 1.82) is 0 Å². The molecule has 21 heavy (non-hydrogen) atoms. The molecule has 0 heterocycles. The van der Waals surface area contributed by atoms with Gasteiger partial charge in [-0.1, -0.05) is 38.5 Å². The molecule has 2 saturated carbocycles. The second-order valence-corrected chi connectivity index (χ2v) is 7.76. The first kappa shape index (κ1) is 14.9. The van der Waals surface area contributed by atoms with Crippen molar-refractivity contribution in [2.45, 2.75) is 53.1 Å². The quantitative estimate of drug-likeness (QED) is 0.797. The van der Waals surface area contributed by atoms with Crippen molar-refractivity contribution in [1.82, 2.24) is 0 Å². The first-order valence-corrected chi connectivity index (χ1v) is 8.35. The number of hydrogen-bond donors (Lipinski definition) is 1. The lowest BCUT2D eigenvalue weighted by molar-refractivity contribution is -0.0425. The molecular weight excluding hydrogens is 258 g/mol. The third kappa shape index (κ3) is 2.48. The van der Waals surface area contributed by atoms with Crippen LogP contribution in [0.4, 0.5) is 5.69 Å². The van der Waals surface area contributed by atoms with Crippen LogP contribution in [-0.2, 0) is 4.74 Å². The Morgan fingerprint density at radius 1 is 1.19 bits per heavy atom. The van der Waals surface area contributed by atoms with Crippen LogP contribution in [-0.4, -0.2) is 19.3 Å². The smallest absolute Gasteiger partial charge is 0.0643 e. The van der Waals surface area contributed by atoms with E-state index in [2.05, 4.69) is 57.3 Å². The molecule has 1 aromatic carbocycles. The zero-order valence-corrected chi connectivity index (χ0v) is 13.9. The molecule has 2 fully saturated rings. The fourth-order valence-corrected chi connectivity index (χ4v) is 4.45. The average Bonchev–Trinajstić information content (AvgIpc) is 2.78. The van der Waals surface area contributed by atoms with Crippen molar-refractivity contribution < 1.29 is 4.74 Å². The summed E-state index contributed by atoms with van der Waals surface area (Å²) in [5.74, 6) is 0.859. The number of anilines is 1. The third-order valence-corrected chi connectivity index (χ3v) is 6.52. The van der Waals surface area contributed by atoms with E-state index in [-0.39, 0.29) is 0 Å². The first-order chi connectivity index (χ1) is 9.93. The summed E-state index contributed by atoms with van der Waals surface area (Å²) in [7, 11) is 0. The summed E-state index contributed by atoms with van der Waals surface area (Å²) in [5.41, 5.74) is 3.31. The highest BCUT2D eigenvalue weighted by Gasteiger charge is 2.61. The molecule has 2 aliphatic rings. The standard InChI is InChI=1S/C19H29NO/c1-14-5-7-16(8-6-14)20-11-12-21-17-13-15-9-10-19(17,4)18(15,2)3/h5-8,15,17,20H,9-13H2,1-4H3. The number of rotatable bonds is 5. The summed E-state index contributed by atoms with van der Waals surface area (Å²) in [6.07, 6.45) is 4.44.